The van der Waals surface area contributed by atoms with Crippen molar-refractivity contribution in [2.24, 2.45) is 0 Å². The SMILES string of the molecule is CCc1ccc(C(NCCOC)c2nc(C)c(C)s2)cc1. The van der Waals surface area contributed by atoms with Crippen molar-refractivity contribution in [3.63, 3.8) is 0 Å². The summed E-state index contributed by atoms with van der Waals surface area (Å²) < 4.78 is 5.15. The summed E-state index contributed by atoms with van der Waals surface area (Å²) in [5.74, 6) is 0. The van der Waals surface area contributed by atoms with Crippen LogP contribution in [0.15, 0.2) is 24.3 Å². The number of nitrogens with one attached hydrogen (secondary N) is 1. The Labute approximate surface area is 131 Å². The van der Waals surface area contributed by atoms with Gasteiger partial charge in [0.25, 0.3) is 0 Å². The van der Waals surface area contributed by atoms with Crippen LogP contribution in [0.2, 0.25) is 0 Å². The molecule has 2 aromatic rings. The summed E-state index contributed by atoms with van der Waals surface area (Å²) in [4.78, 5) is 6.01. The average Bonchev–Trinajstić information content (AvgIpc) is 2.83. The molecule has 0 aliphatic heterocycles. The van der Waals surface area contributed by atoms with Gasteiger partial charge < -0.3 is 10.1 Å². The minimum absolute atomic E-state index is 0.142. The number of methoxy groups -OCH3 is 1. The predicted molar refractivity (Wildman–Crippen MR) is 89.1 cm³/mol. The van der Waals surface area contributed by atoms with Gasteiger partial charge in [-0.2, -0.15) is 0 Å². The highest BCUT2D eigenvalue weighted by atomic mass is 32.1. The van der Waals surface area contributed by atoms with Crippen molar-refractivity contribution in [1.82, 2.24) is 10.3 Å². The molecule has 1 atom stereocenters. The number of hydrogen-bond donors (Lipinski definition) is 1. The van der Waals surface area contributed by atoms with Gasteiger partial charge in [-0.05, 0) is 31.4 Å². The van der Waals surface area contributed by atoms with Crippen LogP contribution in [0.25, 0.3) is 0 Å². The van der Waals surface area contributed by atoms with Gasteiger partial charge in [0, 0.05) is 18.5 Å². The highest BCUT2D eigenvalue weighted by Crippen LogP contribution is 2.28. The first-order chi connectivity index (χ1) is 10.2. The molecule has 0 saturated carbocycles. The Kier molecular flexibility index (Phi) is 5.91. The van der Waals surface area contributed by atoms with Crippen molar-refractivity contribution in [1.29, 1.82) is 0 Å². The molecule has 0 spiro atoms. The van der Waals surface area contributed by atoms with E-state index in [2.05, 4.69) is 50.4 Å². The van der Waals surface area contributed by atoms with Crippen LogP contribution in [0.3, 0.4) is 0 Å². The van der Waals surface area contributed by atoms with Gasteiger partial charge in [0.05, 0.1) is 18.3 Å². The van der Waals surface area contributed by atoms with Crippen molar-refractivity contribution < 1.29 is 4.74 Å². The number of rotatable bonds is 7. The Bertz CT molecular complexity index is 543. The number of aromatic nitrogens is 1. The quantitative estimate of drug-likeness (QED) is 0.793. The molecule has 0 fully saturated rings. The van der Waals surface area contributed by atoms with Gasteiger partial charge in [-0.25, -0.2) is 4.98 Å². The van der Waals surface area contributed by atoms with Crippen LogP contribution in [-0.2, 0) is 11.2 Å². The topological polar surface area (TPSA) is 34.1 Å². The van der Waals surface area contributed by atoms with Gasteiger partial charge in [-0.1, -0.05) is 31.2 Å². The summed E-state index contributed by atoms with van der Waals surface area (Å²) in [6.07, 6.45) is 1.07. The standard InChI is InChI=1S/C17H24N2OS/c1-5-14-6-8-15(9-7-14)16(18-10-11-20-4)17-19-12(2)13(3)21-17/h6-9,16,18H,5,10-11H2,1-4H3. The molecular weight excluding hydrogens is 280 g/mol. The van der Waals surface area contributed by atoms with Crippen molar-refractivity contribution in [3.8, 4) is 0 Å². The minimum Gasteiger partial charge on any atom is -0.383 e. The van der Waals surface area contributed by atoms with Crippen LogP contribution in [-0.4, -0.2) is 25.2 Å². The third-order valence-corrected chi connectivity index (χ3v) is 4.81. The Morgan fingerprint density at radius 3 is 2.48 bits per heavy atom. The van der Waals surface area contributed by atoms with Gasteiger partial charge in [-0.3, -0.25) is 0 Å². The Morgan fingerprint density at radius 1 is 1.24 bits per heavy atom. The molecular formula is C17H24N2OS. The van der Waals surface area contributed by atoms with Crippen LogP contribution in [0, 0.1) is 13.8 Å². The first-order valence-electron chi connectivity index (χ1n) is 7.40. The summed E-state index contributed by atoms with van der Waals surface area (Å²) >= 11 is 1.77. The highest BCUT2D eigenvalue weighted by Gasteiger charge is 2.18. The van der Waals surface area contributed by atoms with Gasteiger partial charge in [0.1, 0.15) is 5.01 Å². The molecule has 0 aliphatic carbocycles. The zero-order chi connectivity index (χ0) is 15.2. The number of thiazole rings is 1. The molecule has 114 valence electrons. The molecule has 1 aromatic carbocycles. The third-order valence-electron chi connectivity index (χ3n) is 3.67. The molecule has 0 radical (unpaired) electrons. The second kappa shape index (κ2) is 7.69. The Balaban J connectivity index is 2.25. The lowest BCUT2D eigenvalue weighted by molar-refractivity contribution is 0.197. The second-order valence-electron chi connectivity index (χ2n) is 5.17. The van der Waals surface area contributed by atoms with E-state index in [1.807, 2.05) is 0 Å². The lowest BCUT2D eigenvalue weighted by Crippen LogP contribution is -2.26. The summed E-state index contributed by atoms with van der Waals surface area (Å²) in [6, 6.07) is 8.95. The second-order valence-corrected chi connectivity index (χ2v) is 6.40. The van der Waals surface area contributed by atoms with E-state index in [-0.39, 0.29) is 6.04 Å². The van der Waals surface area contributed by atoms with Crippen molar-refractivity contribution in [3.05, 3.63) is 51.0 Å². The van der Waals surface area contributed by atoms with Crippen LogP contribution in [0.1, 0.15) is 39.7 Å². The molecule has 1 unspecified atom stereocenters. The number of ether oxygens (including phenoxy) is 1. The smallest absolute Gasteiger partial charge is 0.115 e. The molecule has 1 N–H and O–H groups in total. The van der Waals surface area contributed by atoms with Crippen molar-refractivity contribution in [2.75, 3.05) is 20.3 Å². The third kappa shape index (κ3) is 4.13. The maximum Gasteiger partial charge on any atom is 0.115 e. The molecule has 1 aromatic heterocycles. The largest absolute Gasteiger partial charge is 0.383 e. The lowest BCUT2D eigenvalue weighted by Gasteiger charge is -2.17. The molecule has 0 saturated heterocycles. The zero-order valence-electron chi connectivity index (χ0n) is 13.3. The maximum absolute atomic E-state index is 5.15. The van der Waals surface area contributed by atoms with E-state index in [1.54, 1.807) is 18.4 Å². The van der Waals surface area contributed by atoms with E-state index in [1.165, 1.54) is 16.0 Å². The van der Waals surface area contributed by atoms with Gasteiger partial charge in [0.15, 0.2) is 0 Å². The summed E-state index contributed by atoms with van der Waals surface area (Å²) in [7, 11) is 1.73. The van der Waals surface area contributed by atoms with Gasteiger partial charge >= 0.3 is 0 Å². The van der Waals surface area contributed by atoms with E-state index < -0.39 is 0 Å². The first-order valence-corrected chi connectivity index (χ1v) is 8.22. The maximum atomic E-state index is 5.15. The fourth-order valence-corrected chi connectivity index (χ4v) is 3.25. The number of hydrogen-bond acceptors (Lipinski definition) is 4. The van der Waals surface area contributed by atoms with Crippen LogP contribution < -0.4 is 5.32 Å². The fraction of sp³-hybridized carbons (Fsp3) is 0.471. The highest BCUT2D eigenvalue weighted by molar-refractivity contribution is 7.11. The Hall–Kier alpha value is -1.23. The zero-order valence-corrected chi connectivity index (χ0v) is 14.1. The van der Waals surface area contributed by atoms with Crippen molar-refractivity contribution >= 4 is 11.3 Å². The van der Waals surface area contributed by atoms with Gasteiger partial charge in [0.2, 0.25) is 0 Å². The predicted octanol–water partition coefficient (Wildman–Crippen LogP) is 3.65. The van der Waals surface area contributed by atoms with E-state index in [9.17, 15) is 0 Å². The van der Waals surface area contributed by atoms with Crippen LogP contribution >= 0.6 is 11.3 Å². The molecule has 0 amide bonds. The molecule has 0 aliphatic rings. The number of benzene rings is 1. The summed E-state index contributed by atoms with van der Waals surface area (Å²) in [6.45, 7) is 7.89. The lowest BCUT2D eigenvalue weighted by atomic mass is 10.0. The molecule has 21 heavy (non-hydrogen) atoms. The Morgan fingerprint density at radius 2 is 1.95 bits per heavy atom. The van der Waals surface area contributed by atoms with Crippen LogP contribution in [0.4, 0.5) is 0 Å². The van der Waals surface area contributed by atoms with E-state index in [4.69, 9.17) is 9.72 Å². The fourth-order valence-electron chi connectivity index (χ4n) is 2.22. The monoisotopic (exact) mass is 304 g/mol. The normalized spacial score (nSPS) is 12.6. The number of aryl methyl sites for hydroxylation is 3. The van der Waals surface area contributed by atoms with Gasteiger partial charge in [-0.15, -0.1) is 11.3 Å². The summed E-state index contributed by atoms with van der Waals surface area (Å²) in [5, 5.41) is 4.68. The summed E-state index contributed by atoms with van der Waals surface area (Å²) in [5.41, 5.74) is 3.75. The molecule has 0 bridgehead atoms. The van der Waals surface area contributed by atoms with Crippen molar-refractivity contribution in [2.45, 2.75) is 33.2 Å². The van der Waals surface area contributed by atoms with Crippen LogP contribution in [0.5, 0.6) is 0 Å². The van der Waals surface area contributed by atoms with E-state index in [0.717, 1.165) is 23.7 Å². The average molecular weight is 304 g/mol. The molecule has 1 heterocycles. The minimum atomic E-state index is 0.142. The molecule has 3 nitrogen and oxygen atoms in total. The molecule has 2 rings (SSSR count). The van der Waals surface area contributed by atoms with E-state index >= 15 is 0 Å². The molecule has 4 heteroatoms. The number of nitrogens with zero attached hydrogens (tertiary/aromatic N) is 1. The van der Waals surface area contributed by atoms with E-state index in [0.29, 0.717) is 6.61 Å². The first kappa shape index (κ1) is 16.1.